The molecule has 3 atom stereocenters. The third-order valence-electron chi connectivity index (χ3n) is 3.61. The van der Waals surface area contributed by atoms with Gasteiger partial charge in [-0.2, -0.15) is 0 Å². The van der Waals surface area contributed by atoms with E-state index in [4.69, 9.17) is 9.47 Å². The third kappa shape index (κ3) is 2.90. The molecular weight excluding hydrogens is 309 g/mol. The summed E-state index contributed by atoms with van der Waals surface area (Å²) in [5.74, 6) is -2.33. The quantitative estimate of drug-likeness (QED) is 0.412. The van der Waals surface area contributed by atoms with Crippen LogP contribution in [0.15, 0.2) is 10.6 Å². The number of aliphatic carboxylic acids is 1. The number of amides is 1. The van der Waals surface area contributed by atoms with E-state index < -0.39 is 24.3 Å². The minimum absolute atomic E-state index is 0. The Morgan fingerprint density at radius 1 is 1.52 bits per heavy atom. The first kappa shape index (κ1) is 17.3. The molecule has 0 unspecified atom stereocenters. The number of carbonyl (C=O) groups is 2. The van der Waals surface area contributed by atoms with Crippen LogP contribution >= 0.6 is 11.8 Å². The van der Waals surface area contributed by atoms with Crippen molar-refractivity contribution in [3.8, 4) is 0 Å². The van der Waals surface area contributed by atoms with Crippen LogP contribution in [-0.2, 0) is 19.1 Å². The molecule has 110 valence electrons. The van der Waals surface area contributed by atoms with E-state index in [9.17, 15) is 19.8 Å². The van der Waals surface area contributed by atoms with Crippen LogP contribution in [0.1, 0.15) is 13.3 Å². The van der Waals surface area contributed by atoms with Gasteiger partial charge in [0.1, 0.15) is 5.37 Å². The molecular formula is C12H14NNaO6S. The number of carboxylic acids is 1. The molecule has 2 saturated heterocycles. The summed E-state index contributed by atoms with van der Waals surface area (Å²) in [7, 11) is 0. The molecule has 0 aromatic rings. The van der Waals surface area contributed by atoms with Gasteiger partial charge in [0.05, 0.1) is 36.9 Å². The zero-order chi connectivity index (χ0) is 14.4. The summed E-state index contributed by atoms with van der Waals surface area (Å²) in [6.07, 6.45) is -1.01. The fourth-order valence-electron chi connectivity index (χ4n) is 2.66. The molecule has 0 radical (unpaired) electrons. The monoisotopic (exact) mass is 323 g/mol. The molecule has 3 heterocycles. The number of ether oxygens (including phenoxy) is 2. The van der Waals surface area contributed by atoms with Crippen LogP contribution in [0.3, 0.4) is 0 Å². The molecule has 1 amide bonds. The number of hydrogen-bond donors (Lipinski definition) is 1. The maximum absolute atomic E-state index is 11.9. The first-order chi connectivity index (χ1) is 9.50. The van der Waals surface area contributed by atoms with Crippen molar-refractivity contribution in [3.05, 3.63) is 10.6 Å². The van der Waals surface area contributed by atoms with Gasteiger partial charge in [0, 0.05) is 11.3 Å². The third-order valence-corrected chi connectivity index (χ3v) is 5.00. The van der Waals surface area contributed by atoms with Gasteiger partial charge in [-0.25, -0.2) is 0 Å². The van der Waals surface area contributed by atoms with Gasteiger partial charge in [-0.05, 0) is 6.92 Å². The molecule has 2 fully saturated rings. The Kier molecular flexibility index (Phi) is 5.40. The number of nitrogens with zero attached hydrogens (tertiary/aromatic N) is 1. The van der Waals surface area contributed by atoms with E-state index in [0.29, 0.717) is 18.1 Å². The van der Waals surface area contributed by atoms with Crippen LogP contribution < -0.4 is 34.7 Å². The second kappa shape index (κ2) is 6.57. The van der Waals surface area contributed by atoms with E-state index in [0.717, 1.165) is 0 Å². The predicted octanol–water partition coefficient (Wildman–Crippen LogP) is -4.37. The van der Waals surface area contributed by atoms with Crippen LogP contribution in [0.5, 0.6) is 0 Å². The second-order valence-corrected chi connectivity index (χ2v) is 6.13. The fourth-order valence-corrected chi connectivity index (χ4v) is 4.29. The molecule has 3 aliphatic rings. The zero-order valence-electron chi connectivity index (χ0n) is 11.8. The maximum atomic E-state index is 11.9. The van der Waals surface area contributed by atoms with Crippen molar-refractivity contribution in [1.82, 2.24) is 4.90 Å². The topological polar surface area (TPSA) is 99.1 Å². The van der Waals surface area contributed by atoms with E-state index in [1.807, 2.05) is 0 Å². The first-order valence-electron chi connectivity index (χ1n) is 6.36. The number of aliphatic hydroxyl groups excluding tert-OH is 1. The van der Waals surface area contributed by atoms with Crippen molar-refractivity contribution in [2.24, 2.45) is 5.92 Å². The van der Waals surface area contributed by atoms with Gasteiger partial charge in [-0.3, -0.25) is 9.69 Å². The standard InChI is InChI=1S/C12H15NO6S.Na/c1-5(14)8-10(15)13-9(12(16)17)6(20-11(8)13)4-7-18-2-3-19-7;/h5,7-8,11,14H,2-4H2,1H3,(H,16,17);/q;+1/p-1/t5-,8+,11-;/m1./s1. The number of thioether (sulfide) groups is 1. The van der Waals surface area contributed by atoms with Crippen LogP contribution in [-0.4, -0.2) is 52.9 Å². The number of aliphatic hydroxyl groups is 1. The van der Waals surface area contributed by atoms with Crippen LogP contribution in [0.4, 0.5) is 0 Å². The molecule has 0 bridgehead atoms. The Morgan fingerprint density at radius 2 is 2.14 bits per heavy atom. The summed E-state index contributed by atoms with van der Waals surface area (Å²) in [5, 5.41) is 20.5. The number of β-lactam (4-membered cyclic amide) rings is 1. The van der Waals surface area contributed by atoms with Crippen molar-refractivity contribution in [2.45, 2.75) is 31.1 Å². The molecule has 0 aromatic heterocycles. The number of hydrogen-bond acceptors (Lipinski definition) is 7. The molecule has 3 rings (SSSR count). The Hall–Kier alpha value is -0.0900. The zero-order valence-corrected chi connectivity index (χ0v) is 14.6. The van der Waals surface area contributed by atoms with Crippen molar-refractivity contribution < 1.29 is 58.8 Å². The van der Waals surface area contributed by atoms with Crippen molar-refractivity contribution >= 4 is 23.6 Å². The van der Waals surface area contributed by atoms with Crippen molar-refractivity contribution in [3.63, 3.8) is 0 Å². The second-order valence-electron chi connectivity index (χ2n) is 4.92. The molecule has 0 aliphatic carbocycles. The molecule has 9 heteroatoms. The summed E-state index contributed by atoms with van der Waals surface area (Å²) in [6.45, 7) is 2.48. The Labute approximate surface area is 147 Å². The molecule has 0 saturated carbocycles. The van der Waals surface area contributed by atoms with Gasteiger partial charge in [-0.15, -0.1) is 11.8 Å². The summed E-state index contributed by atoms with van der Waals surface area (Å²) in [5.41, 5.74) is -0.110. The largest absolute Gasteiger partial charge is 1.00 e. The van der Waals surface area contributed by atoms with E-state index in [1.165, 1.54) is 23.6 Å². The van der Waals surface area contributed by atoms with Gasteiger partial charge in [0.2, 0.25) is 5.91 Å². The van der Waals surface area contributed by atoms with Gasteiger partial charge < -0.3 is 24.5 Å². The number of carboxylic acid groups (broad SMARTS) is 1. The Balaban J connectivity index is 0.00000161. The smallest absolute Gasteiger partial charge is 0.543 e. The molecule has 0 spiro atoms. The van der Waals surface area contributed by atoms with Crippen molar-refractivity contribution in [1.29, 1.82) is 0 Å². The summed E-state index contributed by atoms with van der Waals surface area (Å²) >= 11 is 1.27. The van der Waals surface area contributed by atoms with E-state index in [1.54, 1.807) is 0 Å². The Morgan fingerprint density at radius 3 is 2.67 bits per heavy atom. The van der Waals surface area contributed by atoms with Gasteiger partial charge in [0.15, 0.2) is 6.29 Å². The fraction of sp³-hybridized carbons (Fsp3) is 0.667. The van der Waals surface area contributed by atoms with Gasteiger partial charge >= 0.3 is 29.6 Å². The van der Waals surface area contributed by atoms with E-state index in [2.05, 4.69) is 0 Å². The summed E-state index contributed by atoms with van der Waals surface area (Å²) in [6, 6.07) is 0. The van der Waals surface area contributed by atoms with E-state index in [-0.39, 0.29) is 53.0 Å². The van der Waals surface area contributed by atoms with Crippen LogP contribution in [0.25, 0.3) is 0 Å². The minimum Gasteiger partial charge on any atom is -0.543 e. The maximum Gasteiger partial charge on any atom is 1.00 e. The predicted molar refractivity (Wildman–Crippen MR) is 65.7 cm³/mol. The van der Waals surface area contributed by atoms with Crippen molar-refractivity contribution in [2.75, 3.05) is 13.2 Å². The minimum atomic E-state index is -1.38. The van der Waals surface area contributed by atoms with Crippen LogP contribution in [0.2, 0.25) is 0 Å². The average molecular weight is 323 g/mol. The van der Waals surface area contributed by atoms with Gasteiger partial charge in [0.25, 0.3) is 0 Å². The van der Waals surface area contributed by atoms with E-state index >= 15 is 0 Å². The summed E-state index contributed by atoms with van der Waals surface area (Å²) in [4.78, 5) is 24.9. The molecule has 0 aromatic carbocycles. The van der Waals surface area contributed by atoms with Gasteiger partial charge in [-0.1, -0.05) is 0 Å². The molecule has 1 N–H and O–H groups in total. The Bertz CT molecular complexity index is 490. The molecule has 7 nitrogen and oxygen atoms in total. The van der Waals surface area contributed by atoms with Crippen LogP contribution in [0, 0.1) is 5.92 Å². The normalized spacial score (nSPS) is 30.0. The molecule has 21 heavy (non-hydrogen) atoms. The molecule has 3 aliphatic heterocycles. The number of fused-ring (bicyclic) bond motifs is 1. The first-order valence-corrected chi connectivity index (χ1v) is 7.24. The SMILES string of the molecule is C[C@@H](O)[C@H]1C(=O)N2C(C(=O)[O-])=C(CC3OCCO3)S[C@H]12.[Na+]. The number of carbonyl (C=O) groups excluding carboxylic acids is 2. The average Bonchev–Trinajstić information content (AvgIpc) is 2.95. The summed E-state index contributed by atoms with van der Waals surface area (Å²) < 4.78 is 10.6. The number of rotatable bonds is 4.